The number of Topliss-reactive ketones (excluding diaryl/α,β-unsaturated/α-hetero) is 1. The highest BCUT2D eigenvalue weighted by atomic mass is 35.5. The van der Waals surface area contributed by atoms with Crippen molar-refractivity contribution < 1.29 is 39.9 Å². The highest BCUT2D eigenvalue weighted by Gasteiger charge is 2.37. The topological polar surface area (TPSA) is 63.7 Å². The van der Waals surface area contributed by atoms with Gasteiger partial charge in [-0.3, -0.25) is 4.31 Å². The van der Waals surface area contributed by atoms with E-state index in [2.05, 4.69) is 0 Å². The minimum absolute atomic E-state index is 0.0234. The Hall–Kier alpha value is -3.44. The van der Waals surface area contributed by atoms with Crippen LogP contribution in [-0.4, -0.2) is 26.8 Å². The number of hydrogen-bond acceptors (Lipinski definition) is 4. The molecule has 0 amide bonds. The van der Waals surface area contributed by atoms with Crippen LogP contribution in [0.15, 0.2) is 59.5 Å². The molecule has 0 N–H and O–H groups in total. The standard InChI is InChI=1S/C28H23ClF5NO4S/c1-16(27-22(29)7-4-8-23(27)30)11-18-12-25-26(14-24(18)31)39-20(10-9-17(2)36)15-35(25)40(37,38)21-6-3-5-19(13-21)28(32,33)34/h3-8,11-14,20H,9-10,15H2,1-2H3. The molecule has 0 aliphatic carbocycles. The monoisotopic (exact) mass is 599 g/mol. The van der Waals surface area contributed by atoms with E-state index in [0.717, 1.165) is 34.6 Å². The van der Waals surface area contributed by atoms with Gasteiger partial charge in [0.25, 0.3) is 10.0 Å². The van der Waals surface area contributed by atoms with Crippen molar-refractivity contribution in [2.45, 2.75) is 43.9 Å². The molecule has 0 saturated carbocycles. The smallest absolute Gasteiger partial charge is 0.416 e. The van der Waals surface area contributed by atoms with Crippen LogP contribution >= 0.6 is 11.6 Å². The molecule has 0 fully saturated rings. The maximum Gasteiger partial charge on any atom is 0.416 e. The average molecular weight is 600 g/mol. The Morgan fingerprint density at radius 1 is 1.07 bits per heavy atom. The molecule has 12 heteroatoms. The number of hydrogen-bond donors (Lipinski definition) is 0. The molecule has 40 heavy (non-hydrogen) atoms. The van der Waals surface area contributed by atoms with E-state index in [1.54, 1.807) is 0 Å². The molecule has 0 spiro atoms. The van der Waals surface area contributed by atoms with Crippen molar-refractivity contribution in [1.29, 1.82) is 0 Å². The maximum absolute atomic E-state index is 15.2. The lowest BCUT2D eigenvalue weighted by atomic mass is 10.0. The molecule has 1 unspecified atom stereocenters. The van der Waals surface area contributed by atoms with Crippen LogP contribution in [0, 0.1) is 11.6 Å². The SMILES string of the molecule is CC(=O)CCC1CN(S(=O)(=O)c2cccc(C(F)(F)F)c2)c2cc(C=C(C)c3c(F)cccc3Cl)c(F)cc2O1. The quantitative estimate of drug-likeness (QED) is 0.208. The van der Waals surface area contributed by atoms with Crippen molar-refractivity contribution >= 4 is 44.7 Å². The lowest BCUT2D eigenvalue weighted by Gasteiger charge is -2.36. The summed E-state index contributed by atoms with van der Waals surface area (Å²) in [5, 5.41) is 0.0810. The molecule has 0 saturated heterocycles. The van der Waals surface area contributed by atoms with Crippen LogP contribution in [0.5, 0.6) is 5.75 Å². The molecule has 4 rings (SSSR count). The van der Waals surface area contributed by atoms with Crippen LogP contribution in [0.4, 0.5) is 27.6 Å². The van der Waals surface area contributed by atoms with E-state index in [1.165, 1.54) is 38.1 Å². The van der Waals surface area contributed by atoms with Crippen molar-refractivity contribution in [1.82, 2.24) is 0 Å². The maximum atomic E-state index is 15.2. The molecular weight excluding hydrogens is 577 g/mol. The molecule has 3 aromatic carbocycles. The summed E-state index contributed by atoms with van der Waals surface area (Å²) in [6.07, 6.45) is -4.25. The van der Waals surface area contributed by atoms with Crippen LogP contribution in [0.1, 0.15) is 43.4 Å². The predicted octanol–water partition coefficient (Wildman–Crippen LogP) is 7.52. The molecule has 1 aliphatic heterocycles. The zero-order valence-corrected chi connectivity index (χ0v) is 22.8. The van der Waals surface area contributed by atoms with Gasteiger partial charge in [0.05, 0.1) is 27.7 Å². The zero-order chi connectivity index (χ0) is 29.4. The van der Waals surface area contributed by atoms with Gasteiger partial charge in [0.1, 0.15) is 29.3 Å². The normalized spacial score (nSPS) is 15.9. The van der Waals surface area contributed by atoms with Gasteiger partial charge >= 0.3 is 6.18 Å². The van der Waals surface area contributed by atoms with Gasteiger partial charge in [-0.25, -0.2) is 17.2 Å². The summed E-state index contributed by atoms with van der Waals surface area (Å²) in [5.41, 5.74) is -1.15. The molecule has 3 aromatic rings. The Balaban J connectivity index is 1.84. The number of allylic oxidation sites excluding steroid dienone is 1. The number of ketones is 1. The Morgan fingerprint density at radius 2 is 1.77 bits per heavy atom. The third kappa shape index (κ3) is 6.15. The summed E-state index contributed by atoms with van der Waals surface area (Å²) in [6, 6.07) is 9.43. The zero-order valence-electron chi connectivity index (χ0n) is 21.2. The Labute approximate surface area is 232 Å². The minimum atomic E-state index is -4.79. The Bertz CT molecular complexity index is 1580. The molecule has 1 heterocycles. The lowest BCUT2D eigenvalue weighted by molar-refractivity contribution is -0.137. The number of carbonyl (C=O) groups is 1. The van der Waals surface area contributed by atoms with Gasteiger partial charge in [0, 0.05) is 23.6 Å². The van der Waals surface area contributed by atoms with Crippen LogP contribution in [-0.2, 0) is 21.0 Å². The number of nitrogens with zero attached hydrogens (tertiary/aromatic N) is 1. The second kappa shape index (κ2) is 11.2. The summed E-state index contributed by atoms with van der Waals surface area (Å²) in [7, 11) is -4.61. The average Bonchev–Trinajstić information content (AvgIpc) is 2.87. The van der Waals surface area contributed by atoms with Gasteiger partial charge in [-0.05, 0) is 68.3 Å². The highest BCUT2D eigenvalue weighted by Crippen LogP contribution is 2.41. The van der Waals surface area contributed by atoms with Crippen molar-refractivity contribution in [3.8, 4) is 5.75 Å². The first-order chi connectivity index (χ1) is 18.7. The number of alkyl halides is 3. The molecule has 1 aliphatic rings. The summed E-state index contributed by atoms with van der Waals surface area (Å²) < 4.78 is 104. The second-order valence-corrected chi connectivity index (χ2v) is 11.6. The summed E-state index contributed by atoms with van der Waals surface area (Å²) >= 11 is 6.12. The van der Waals surface area contributed by atoms with E-state index < -0.39 is 44.4 Å². The van der Waals surface area contributed by atoms with Crippen molar-refractivity contribution in [2.75, 3.05) is 10.8 Å². The fourth-order valence-electron chi connectivity index (χ4n) is 4.34. The number of rotatable bonds is 7. The van der Waals surface area contributed by atoms with E-state index in [9.17, 15) is 30.8 Å². The second-order valence-electron chi connectivity index (χ2n) is 9.31. The van der Waals surface area contributed by atoms with Gasteiger partial charge < -0.3 is 9.53 Å². The Kier molecular flexibility index (Phi) is 8.28. The van der Waals surface area contributed by atoms with Crippen LogP contribution in [0.3, 0.4) is 0 Å². The van der Waals surface area contributed by atoms with Gasteiger partial charge in [0.2, 0.25) is 0 Å². The first-order valence-corrected chi connectivity index (χ1v) is 13.8. The van der Waals surface area contributed by atoms with Gasteiger partial charge in [0.15, 0.2) is 0 Å². The van der Waals surface area contributed by atoms with E-state index >= 15 is 4.39 Å². The molecular formula is C28H23ClF5NO4S. The Morgan fingerprint density at radius 3 is 2.42 bits per heavy atom. The first kappa shape index (κ1) is 29.5. The molecule has 0 aromatic heterocycles. The van der Waals surface area contributed by atoms with Crippen molar-refractivity contribution in [2.24, 2.45) is 0 Å². The number of benzene rings is 3. The molecule has 0 radical (unpaired) electrons. The molecule has 1 atom stereocenters. The molecule has 212 valence electrons. The summed E-state index contributed by atoms with van der Waals surface area (Å²) in [6.45, 7) is 2.50. The molecule has 5 nitrogen and oxygen atoms in total. The molecule has 0 bridgehead atoms. The van der Waals surface area contributed by atoms with Crippen LogP contribution < -0.4 is 9.04 Å². The van der Waals surface area contributed by atoms with Crippen LogP contribution in [0.25, 0.3) is 11.6 Å². The van der Waals surface area contributed by atoms with Gasteiger partial charge in [-0.2, -0.15) is 13.2 Å². The van der Waals surface area contributed by atoms with Crippen LogP contribution in [0.2, 0.25) is 5.02 Å². The fourth-order valence-corrected chi connectivity index (χ4v) is 6.20. The predicted molar refractivity (Wildman–Crippen MR) is 142 cm³/mol. The highest BCUT2D eigenvalue weighted by molar-refractivity contribution is 7.92. The first-order valence-electron chi connectivity index (χ1n) is 12.0. The lowest BCUT2D eigenvalue weighted by Crippen LogP contribution is -2.43. The van der Waals surface area contributed by atoms with E-state index in [0.29, 0.717) is 6.07 Å². The van der Waals surface area contributed by atoms with Gasteiger partial charge in [-0.15, -0.1) is 0 Å². The minimum Gasteiger partial charge on any atom is -0.486 e. The van der Waals surface area contributed by atoms with Crippen molar-refractivity contribution in [3.05, 3.63) is 87.9 Å². The van der Waals surface area contributed by atoms with E-state index in [4.69, 9.17) is 16.3 Å². The number of fused-ring (bicyclic) bond motifs is 1. The number of halogens is 6. The number of carbonyl (C=O) groups excluding carboxylic acids is 1. The largest absolute Gasteiger partial charge is 0.486 e. The fraction of sp³-hybridized carbons (Fsp3) is 0.250. The summed E-state index contributed by atoms with van der Waals surface area (Å²) in [4.78, 5) is 10.9. The third-order valence-electron chi connectivity index (χ3n) is 6.31. The van der Waals surface area contributed by atoms with Gasteiger partial charge in [-0.1, -0.05) is 23.7 Å². The number of ether oxygens (including phenoxy) is 1. The van der Waals surface area contributed by atoms with Crippen molar-refractivity contribution in [3.63, 3.8) is 0 Å². The number of sulfonamides is 1. The number of anilines is 1. The summed E-state index contributed by atoms with van der Waals surface area (Å²) in [5.74, 6) is -1.83. The van der Waals surface area contributed by atoms with E-state index in [1.807, 2.05) is 0 Å². The van der Waals surface area contributed by atoms with E-state index in [-0.39, 0.29) is 58.3 Å². The third-order valence-corrected chi connectivity index (χ3v) is 8.40.